The second kappa shape index (κ2) is 4.80. The summed E-state index contributed by atoms with van der Waals surface area (Å²) in [7, 11) is 0. The van der Waals surface area contributed by atoms with Gasteiger partial charge in [-0.05, 0) is 24.6 Å². The minimum Gasteiger partial charge on any atom is -0.334 e. The number of aromatic nitrogens is 2. The van der Waals surface area contributed by atoms with Gasteiger partial charge in [0.2, 0.25) is 0 Å². The molecule has 0 aliphatic heterocycles. The van der Waals surface area contributed by atoms with Gasteiger partial charge in [0.15, 0.2) is 0 Å². The molecular formula is C12H14BrN3. The molecule has 2 aromatic rings. The molecule has 0 spiro atoms. The minimum atomic E-state index is -0.174. The number of halogens is 1. The van der Waals surface area contributed by atoms with E-state index in [-0.39, 0.29) is 6.04 Å². The normalized spacial score (nSPS) is 12.7. The van der Waals surface area contributed by atoms with Gasteiger partial charge in [-0.25, -0.2) is 4.98 Å². The van der Waals surface area contributed by atoms with Gasteiger partial charge in [0, 0.05) is 23.4 Å². The number of benzene rings is 1. The van der Waals surface area contributed by atoms with Crippen molar-refractivity contribution in [3.05, 3.63) is 52.5 Å². The first kappa shape index (κ1) is 11.4. The van der Waals surface area contributed by atoms with Crippen LogP contribution >= 0.6 is 15.9 Å². The molecule has 0 saturated carbocycles. The fourth-order valence-corrected chi connectivity index (χ4v) is 2.13. The minimum absolute atomic E-state index is 0.174. The van der Waals surface area contributed by atoms with E-state index in [1.807, 2.05) is 30.5 Å². The van der Waals surface area contributed by atoms with Crippen LogP contribution in [-0.4, -0.2) is 9.55 Å². The molecule has 0 radical (unpaired) electrons. The molecular weight excluding hydrogens is 266 g/mol. The maximum atomic E-state index is 6.20. The van der Waals surface area contributed by atoms with Crippen molar-refractivity contribution in [1.29, 1.82) is 0 Å². The van der Waals surface area contributed by atoms with E-state index in [2.05, 4.69) is 32.4 Å². The average molecular weight is 280 g/mol. The highest BCUT2D eigenvalue weighted by atomic mass is 79.9. The Morgan fingerprint density at radius 3 is 3.00 bits per heavy atom. The molecule has 0 amide bonds. The van der Waals surface area contributed by atoms with Gasteiger partial charge in [0.25, 0.3) is 0 Å². The van der Waals surface area contributed by atoms with E-state index >= 15 is 0 Å². The lowest BCUT2D eigenvalue weighted by Crippen LogP contribution is -2.17. The topological polar surface area (TPSA) is 43.8 Å². The molecule has 4 heteroatoms. The van der Waals surface area contributed by atoms with E-state index in [0.717, 1.165) is 22.4 Å². The first-order chi connectivity index (χ1) is 7.72. The summed E-state index contributed by atoms with van der Waals surface area (Å²) in [6.07, 6.45) is 3.74. The highest BCUT2D eigenvalue weighted by Gasteiger charge is 2.13. The van der Waals surface area contributed by atoms with Crippen LogP contribution < -0.4 is 5.73 Å². The Bertz CT molecular complexity index is 479. The number of hydrogen-bond acceptors (Lipinski definition) is 2. The molecule has 16 heavy (non-hydrogen) atoms. The molecule has 1 heterocycles. The van der Waals surface area contributed by atoms with Crippen molar-refractivity contribution in [2.24, 2.45) is 5.73 Å². The van der Waals surface area contributed by atoms with E-state index in [4.69, 9.17) is 5.73 Å². The third-order valence-electron chi connectivity index (χ3n) is 2.57. The summed E-state index contributed by atoms with van der Waals surface area (Å²) in [5, 5.41) is 0. The van der Waals surface area contributed by atoms with Crippen LogP contribution in [0.15, 0.2) is 41.1 Å². The molecule has 1 atom stereocenters. The number of aryl methyl sites for hydroxylation is 1. The second-order valence-corrected chi connectivity index (χ2v) is 4.52. The quantitative estimate of drug-likeness (QED) is 0.939. The summed E-state index contributed by atoms with van der Waals surface area (Å²) in [4.78, 5) is 4.32. The first-order valence-electron chi connectivity index (χ1n) is 5.24. The molecule has 0 saturated heterocycles. The van der Waals surface area contributed by atoms with E-state index < -0.39 is 0 Å². The van der Waals surface area contributed by atoms with E-state index in [1.54, 1.807) is 6.20 Å². The van der Waals surface area contributed by atoms with Gasteiger partial charge in [-0.1, -0.05) is 28.1 Å². The van der Waals surface area contributed by atoms with Crippen LogP contribution in [0.25, 0.3) is 0 Å². The van der Waals surface area contributed by atoms with Crippen molar-refractivity contribution < 1.29 is 0 Å². The van der Waals surface area contributed by atoms with Crippen LogP contribution in [0, 0.1) is 0 Å². The summed E-state index contributed by atoms with van der Waals surface area (Å²) >= 11 is 3.45. The predicted molar refractivity (Wildman–Crippen MR) is 68.1 cm³/mol. The van der Waals surface area contributed by atoms with Crippen LogP contribution in [-0.2, 0) is 6.54 Å². The summed E-state index contributed by atoms with van der Waals surface area (Å²) in [5.74, 6) is 0.903. The molecule has 0 bridgehead atoms. The van der Waals surface area contributed by atoms with Crippen molar-refractivity contribution in [2.45, 2.75) is 19.5 Å². The molecule has 2 N–H and O–H groups in total. The number of imidazole rings is 1. The molecule has 0 aliphatic carbocycles. The third kappa shape index (κ3) is 2.18. The fraction of sp³-hybridized carbons (Fsp3) is 0.250. The highest BCUT2D eigenvalue weighted by Crippen LogP contribution is 2.21. The molecule has 0 fully saturated rings. The van der Waals surface area contributed by atoms with Crippen LogP contribution in [0.2, 0.25) is 0 Å². The van der Waals surface area contributed by atoms with Crippen LogP contribution in [0.1, 0.15) is 24.4 Å². The largest absolute Gasteiger partial charge is 0.334 e. The number of rotatable bonds is 3. The van der Waals surface area contributed by atoms with E-state index in [9.17, 15) is 0 Å². The van der Waals surface area contributed by atoms with Gasteiger partial charge >= 0.3 is 0 Å². The van der Waals surface area contributed by atoms with Gasteiger partial charge in [0.05, 0.1) is 6.04 Å². The Hall–Kier alpha value is -1.13. The third-order valence-corrected chi connectivity index (χ3v) is 3.07. The molecule has 2 rings (SSSR count). The highest BCUT2D eigenvalue weighted by molar-refractivity contribution is 9.10. The first-order valence-corrected chi connectivity index (χ1v) is 6.03. The number of nitrogens with zero attached hydrogens (tertiary/aromatic N) is 2. The van der Waals surface area contributed by atoms with Crippen LogP contribution in [0.5, 0.6) is 0 Å². The van der Waals surface area contributed by atoms with Gasteiger partial charge in [-0.2, -0.15) is 0 Å². The average Bonchev–Trinajstić information content (AvgIpc) is 2.76. The maximum Gasteiger partial charge on any atom is 0.130 e. The van der Waals surface area contributed by atoms with Gasteiger partial charge in [-0.3, -0.25) is 0 Å². The lowest BCUT2D eigenvalue weighted by Gasteiger charge is -2.13. The van der Waals surface area contributed by atoms with Gasteiger partial charge in [0.1, 0.15) is 5.82 Å². The Balaban J connectivity index is 2.35. The van der Waals surface area contributed by atoms with Crippen molar-refractivity contribution in [1.82, 2.24) is 9.55 Å². The summed E-state index contributed by atoms with van der Waals surface area (Å²) in [6.45, 7) is 2.97. The monoisotopic (exact) mass is 279 g/mol. The zero-order valence-electron chi connectivity index (χ0n) is 9.10. The predicted octanol–water partition coefficient (Wildman–Crippen LogP) is 2.71. The van der Waals surface area contributed by atoms with Gasteiger partial charge in [-0.15, -0.1) is 0 Å². The summed E-state index contributed by atoms with van der Waals surface area (Å²) < 4.78 is 3.10. The molecule has 1 unspecified atom stereocenters. The number of hydrogen-bond donors (Lipinski definition) is 1. The Labute approximate surface area is 103 Å². The van der Waals surface area contributed by atoms with E-state index in [0.29, 0.717) is 0 Å². The summed E-state index contributed by atoms with van der Waals surface area (Å²) in [6, 6.07) is 7.84. The fourth-order valence-electron chi connectivity index (χ4n) is 1.72. The van der Waals surface area contributed by atoms with Crippen molar-refractivity contribution in [3.63, 3.8) is 0 Å². The zero-order valence-corrected chi connectivity index (χ0v) is 10.7. The smallest absolute Gasteiger partial charge is 0.130 e. The molecule has 0 aliphatic rings. The lowest BCUT2D eigenvalue weighted by molar-refractivity contribution is 0.656. The standard InChI is InChI=1S/C12H14BrN3/c1-2-16-7-6-15-12(16)11(14)9-4-3-5-10(13)8-9/h3-8,11H,2,14H2,1H3. The summed E-state index contributed by atoms with van der Waals surface area (Å²) in [5.41, 5.74) is 7.27. The molecule has 1 aromatic carbocycles. The number of nitrogens with two attached hydrogens (primary N) is 1. The second-order valence-electron chi connectivity index (χ2n) is 3.60. The Morgan fingerprint density at radius 2 is 2.31 bits per heavy atom. The maximum absolute atomic E-state index is 6.20. The van der Waals surface area contributed by atoms with Crippen molar-refractivity contribution >= 4 is 15.9 Å². The molecule has 1 aromatic heterocycles. The molecule has 84 valence electrons. The van der Waals surface area contributed by atoms with Crippen molar-refractivity contribution in [2.75, 3.05) is 0 Å². The SMILES string of the molecule is CCn1ccnc1C(N)c1cccc(Br)c1. The molecule has 3 nitrogen and oxygen atoms in total. The lowest BCUT2D eigenvalue weighted by atomic mass is 10.1. The Morgan fingerprint density at radius 1 is 1.50 bits per heavy atom. The zero-order chi connectivity index (χ0) is 11.5. The van der Waals surface area contributed by atoms with Gasteiger partial charge < -0.3 is 10.3 Å². The van der Waals surface area contributed by atoms with Crippen molar-refractivity contribution in [3.8, 4) is 0 Å². The van der Waals surface area contributed by atoms with Crippen LogP contribution in [0.4, 0.5) is 0 Å². The van der Waals surface area contributed by atoms with E-state index in [1.165, 1.54) is 0 Å². The Kier molecular flexibility index (Phi) is 3.41. The van der Waals surface area contributed by atoms with Crippen LogP contribution in [0.3, 0.4) is 0 Å².